The number of ether oxygens (including phenoxy) is 2. The monoisotopic (exact) mass is 532 g/mol. The Morgan fingerprint density at radius 2 is 2.05 bits per heavy atom. The predicted octanol–water partition coefficient (Wildman–Crippen LogP) is 2.16. The molecule has 1 rings (SSSR count). The topological polar surface area (TPSA) is 164 Å². The highest BCUT2D eigenvalue weighted by Gasteiger charge is 2.33. The van der Waals surface area contributed by atoms with Crippen molar-refractivity contribution < 1.29 is 44.0 Å². The number of aliphatic hydroxyl groups is 3. The molecular formula is C27H36N2O9. The van der Waals surface area contributed by atoms with E-state index in [4.69, 9.17) is 9.47 Å². The van der Waals surface area contributed by atoms with Crippen LogP contribution in [-0.2, 0) is 28.7 Å². The fourth-order valence-corrected chi connectivity index (χ4v) is 3.34. The largest absolute Gasteiger partial charge is 0.512 e. The van der Waals surface area contributed by atoms with E-state index in [0.717, 1.165) is 0 Å². The van der Waals surface area contributed by atoms with Gasteiger partial charge >= 0.3 is 11.9 Å². The van der Waals surface area contributed by atoms with E-state index in [1.54, 1.807) is 13.0 Å². The SMILES string of the molecule is C=CC1C/C=C(/C)C(O)/C=C/C(CO)OC(=O)CC(C/C=C/NC(=O)/C=C/C=N/OC)OC(=O)C1C(=C)O. The van der Waals surface area contributed by atoms with Crippen LogP contribution in [0.2, 0.25) is 0 Å². The standard InChI is InChI=1S/C27H36N2O9/c1-5-20-11-10-18(2)23(32)13-12-22(17-30)37-25(34)16-21(38-27(35)26(20)19(3)31)8-6-14-28-24(33)9-7-15-29-36-4/h5-7,9-10,12-15,20-23,26,30-32H,1,3,8,11,16-17H2,2,4H3,(H,28,33)/b9-7+,13-12+,14-6+,18-10-,29-15+. The van der Waals surface area contributed by atoms with E-state index >= 15 is 0 Å². The van der Waals surface area contributed by atoms with E-state index in [0.29, 0.717) is 5.57 Å². The van der Waals surface area contributed by atoms with Crippen LogP contribution in [0.15, 0.2) is 78.4 Å². The number of allylic oxidation sites excluding steroid dienone is 3. The minimum Gasteiger partial charge on any atom is -0.512 e. The van der Waals surface area contributed by atoms with Crippen LogP contribution < -0.4 is 5.32 Å². The van der Waals surface area contributed by atoms with Crippen LogP contribution in [-0.4, -0.2) is 71.4 Å². The van der Waals surface area contributed by atoms with Crippen molar-refractivity contribution in [3.05, 3.63) is 73.2 Å². The zero-order valence-electron chi connectivity index (χ0n) is 21.6. The maximum absolute atomic E-state index is 13.1. The minimum absolute atomic E-state index is 0.0106. The van der Waals surface area contributed by atoms with Crippen molar-refractivity contribution in [1.82, 2.24) is 5.32 Å². The molecule has 208 valence electrons. The van der Waals surface area contributed by atoms with Gasteiger partial charge < -0.3 is 34.9 Å². The Balaban J connectivity index is 3.16. The van der Waals surface area contributed by atoms with Crippen LogP contribution in [0.25, 0.3) is 0 Å². The lowest BCUT2D eigenvalue weighted by Gasteiger charge is -2.24. The summed E-state index contributed by atoms with van der Waals surface area (Å²) in [7, 11) is 1.36. The third-order valence-electron chi connectivity index (χ3n) is 5.41. The van der Waals surface area contributed by atoms with Gasteiger partial charge in [0.05, 0.1) is 31.1 Å². The van der Waals surface area contributed by atoms with Gasteiger partial charge in [0.2, 0.25) is 5.91 Å². The van der Waals surface area contributed by atoms with Gasteiger partial charge in [-0.2, -0.15) is 0 Å². The predicted molar refractivity (Wildman–Crippen MR) is 140 cm³/mol. The molecule has 1 aliphatic rings. The minimum atomic E-state index is -1.18. The molecule has 0 aromatic rings. The number of oxime groups is 1. The van der Waals surface area contributed by atoms with Gasteiger partial charge in [-0.05, 0) is 31.1 Å². The molecule has 11 heteroatoms. The number of hydrogen-bond donors (Lipinski definition) is 4. The number of hydrogen-bond acceptors (Lipinski definition) is 10. The van der Waals surface area contributed by atoms with Gasteiger partial charge in [-0.25, -0.2) is 0 Å². The third kappa shape index (κ3) is 11.8. The van der Waals surface area contributed by atoms with Crippen molar-refractivity contribution in [3.8, 4) is 0 Å². The normalized spacial score (nSPS) is 28.0. The number of carbonyl (C=O) groups is 3. The van der Waals surface area contributed by atoms with Crippen LogP contribution in [0.1, 0.15) is 26.2 Å². The van der Waals surface area contributed by atoms with Gasteiger partial charge in [-0.15, -0.1) is 6.58 Å². The number of nitrogens with one attached hydrogen (secondary N) is 1. The summed E-state index contributed by atoms with van der Waals surface area (Å²) in [4.78, 5) is 41.9. The molecule has 11 nitrogen and oxygen atoms in total. The van der Waals surface area contributed by atoms with E-state index in [1.165, 1.54) is 56.0 Å². The van der Waals surface area contributed by atoms with Crippen molar-refractivity contribution in [1.29, 1.82) is 0 Å². The summed E-state index contributed by atoms with van der Waals surface area (Å²) in [5, 5.41) is 36.0. The second kappa shape index (κ2) is 17.5. The lowest BCUT2D eigenvalue weighted by Crippen LogP contribution is -2.32. The summed E-state index contributed by atoms with van der Waals surface area (Å²) in [5.41, 5.74) is 0.535. The molecule has 0 saturated heterocycles. The van der Waals surface area contributed by atoms with Crippen LogP contribution in [0.5, 0.6) is 0 Å². The number of nitrogens with zero attached hydrogens (tertiary/aromatic N) is 1. The van der Waals surface area contributed by atoms with Crippen LogP contribution >= 0.6 is 0 Å². The van der Waals surface area contributed by atoms with Gasteiger partial charge in [0.1, 0.15) is 25.2 Å². The van der Waals surface area contributed by atoms with E-state index in [-0.39, 0.29) is 19.3 Å². The Kier molecular flexibility index (Phi) is 14.8. The molecular weight excluding hydrogens is 496 g/mol. The summed E-state index contributed by atoms with van der Waals surface area (Å²) in [6.45, 7) is 8.36. The molecule has 5 atom stereocenters. The maximum atomic E-state index is 13.1. The molecule has 0 saturated carbocycles. The molecule has 5 unspecified atom stereocenters. The van der Waals surface area contributed by atoms with Gasteiger partial charge in [0, 0.05) is 24.6 Å². The Labute approximate surface area is 222 Å². The first-order valence-electron chi connectivity index (χ1n) is 11.9. The molecule has 0 radical (unpaired) electrons. The smallest absolute Gasteiger partial charge is 0.317 e. The van der Waals surface area contributed by atoms with Gasteiger partial charge in [-0.1, -0.05) is 36.0 Å². The first-order valence-corrected chi connectivity index (χ1v) is 11.9. The second-order valence-electron chi connectivity index (χ2n) is 8.30. The van der Waals surface area contributed by atoms with Crippen molar-refractivity contribution in [2.45, 2.75) is 44.5 Å². The maximum Gasteiger partial charge on any atom is 0.317 e. The average Bonchev–Trinajstić information content (AvgIpc) is 2.87. The molecule has 1 heterocycles. The average molecular weight is 533 g/mol. The van der Waals surface area contributed by atoms with Gasteiger partial charge in [0.15, 0.2) is 0 Å². The Morgan fingerprint density at radius 1 is 1.32 bits per heavy atom. The molecule has 0 fully saturated rings. The fourth-order valence-electron chi connectivity index (χ4n) is 3.34. The first-order chi connectivity index (χ1) is 18.1. The van der Waals surface area contributed by atoms with E-state index < -0.39 is 60.4 Å². The molecule has 0 aromatic carbocycles. The lowest BCUT2D eigenvalue weighted by molar-refractivity contribution is -0.160. The Morgan fingerprint density at radius 3 is 2.68 bits per heavy atom. The lowest BCUT2D eigenvalue weighted by atomic mass is 9.87. The number of esters is 2. The number of rotatable bonds is 9. The Bertz CT molecular complexity index is 981. The van der Waals surface area contributed by atoms with Gasteiger partial charge in [0.25, 0.3) is 0 Å². The summed E-state index contributed by atoms with van der Waals surface area (Å²) in [6.07, 6.45) is 9.32. The number of cyclic esters (lactones) is 2. The third-order valence-corrected chi connectivity index (χ3v) is 5.41. The molecule has 0 aliphatic carbocycles. The van der Waals surface area contributed by atoms with Gasteiger partial charge in [-0.3, -0.25) is 14.4 Å². The number of carbonyl (C=O) groups excluding carboxylic acids is 3. The molecule has 1 amide bonds. The quantitative estimate of drug-likeness (QED) is 0.0870. The van der Waals surface area contributed by atoms with Crippen LogP contribution in [0.4, 0.5) is 0 Å². The van der Waals surface area contributed by atoms with E-state index in [1.807, 2.05) is 0 Å². The first kappa shape index (κ1) is 32.1. The summed E-state index contributed by atoms with van der Waals surface area (Å²) in [6, 6.07) is 0. The fraction of sp³-hybridized carbons (Fsp3) is 0.407. The second-order valence-corrected chi connectivity index (χ2v) is 8.30. The summed E-state index contributed by atoms with van der Waals surface area (Å²) < 4.78 is 10.8. The highest BCUT2D eigenvalue weighted by Crippen LogP contribution is 2.27. The van der Waals surface area contributed by atoms with Crippen molar-refractivity contribution in [2.75, 3.05) is 13.7 Å². The molecule has 0 bridgehead atoms. The molecule has 0 aromatic heterocycles. The van der Waals surface area contributed by atoms with Crippen molar-refractivity contribution in [2.24, 2.45) is 17.0 Å². The highest BCUT2D eigenvalue weighted by molar-refractivity contribution is 5.92. The molecule has 1 aliphatic heterocycles. The number of aliphatic hydroxyl groups excluding tert-OH is 3. The highest BCUT2D eigenvalue weighted by atomic mass is 16.6. The van der Waals surface area contributed by atoms with Crippen molar-refractivity contribution >= 4 is 24.1 Å². The molecule has 38 heavy (non-hydrogen) atoms. The zero-order chi connectivity index (χ0) is 28.5. The summed E-state index contributed by atoms with van der Waals surface area (Å²) in [5.74, 6) is -4.31. The zero-order valence-corrected chi connectivity index (χ0v) is 21.6. The Hall–Kier alpha value is -3.96. The summed E-state index contributed by atoms with van der Waals surface area (Å²) >= 11 is 0. The van der Waals surface area contributed by atoms with Crippen molar-refractivity contribution in [3.63, 3.8) is 0 Å². The van der Waals surface area contributed by atoms with E-state index in [9.17, 15) is 29.7 Å². The van der Waals surface area contributed by atoms with E-state index in [2.05, 4.69) is 28.5 Å². The van der Waals surface area contributed by atoms with Crippen LogP contribution in [0.3, 0.4) is 0 Å². The molecule has 0 spiro atoms. The van der Waals surface area contributed by atoms with Crippen LogP contribution in [0, 0.1) is 11.8 Å². The molecule has 4 N–H and O–H groups in total. The number of amides is 1.